The van der Waals surface area contributed by atoms with Crippen molar-refractivity contribution < 1.29 is 26.3 Å². The van der Waals surface area contributed by atoms with Crippen LogP contribution in [0.2, 0.25) is 0 Å². The molecule has 0 saturated heterocycles. The molecule has 0 fully saturated rings. The van der Waals surface area contributed by atoms with Gasteiger partial charge in [0.2, 0.25) is 0 Å². The summed E-state index contributed by atoms with van der Waals surface area (Å²) in [4.78, 5) is 2.86. The van der Waals surface area contributed by atoms with Gasteiger partial charge in [-0.25, -0.2) is 18.2 Å². The van der Waals surface area contributed by atoms with Crippen LogP contribution in [-0.2, 0) is 11.5 Å². The fourth-order valence-electron chi connectivity index (χ4n) is 1.03. The first-order chi connectivity index (χ1) is 7.27. The van der Waals surface area contributed by atoms with Gasteiger partial charge in [0.15, 0.2) is 5.69 Å². The zero-order valence-corrected chi connectivity index (χ0v) is 9.04. The molecule has 1 rings (SSSR count). The Morgan fingerprint density at radius 3 is 2.25 bits per heavy atom. The van der Waals surface area contributed by atoms with Crippen molar-refractivity contribution in [1.29, 1.82) is 0 Å². The molecule has 0 N–H and O–H groups in total. The van der Waals surface area contributed by atoms with Crippen LogP contribution in [0.5, 0.6) is 0 Å². The maximum atomic E-state index is 13.0. The molecule has 0 aromatic carbocycles. The third-order valence-corrected chi connectivity index (χ3v) is 2.24. The summed E-state index contributed by atoms with van der Waals surface area (Å²) in [6, 6.07) is 0.164. The van der Waals surface area contributed by atoms with E-state index in [1.807, 2.05) is 0 Å². The lowest BCUT2D eigenvalue weighted by Gasteiger charge is -2.12. The van der Waals surface area contributed by atoms with Crippen LogP contribution in [0.15, 0.2) is 6.07 Å². The predicted octanol–water partition coefficient (Wildman–Crippen LogP) is 4.07. The van der Waals surface area contributed by atoms with Crippen LogP contribution in [0.25, 0.3) is 0 Å². The molecule has 1 aromatic heterocycles. The molecule has 0 bridgehead atoms. The highest BCUT2D eigenvalue weighted by Gasteiger charge is 2.38. The second-order valence-corrected chi connectivity index (χ2v) is 3.35. The van der Waals surface area contributed by atoms with E-state index in [1.165, 1.54) is 0 Å². The van der Waals surface area contributed by atoms with Crippen molar-refractivity contribution in [3.05, 3.63) is 28.8 Å². The molecule has 0 aliphatic carbocycles. The van der Waals surface area contributed by atoms with E-state index in [2.05, 4.69) is 20.9 Å². The molecule has 0 spiro atoms. The summed E-state index contributed by atoms with van der Waals surface area (Å²) in [5.74, 6) is -1.19. The molecule has 8 heteroatoms. The molecule has 90 valence electrons. The minimum atomic E-state index is -5.03. The zero-order chi connectivity index (χ0) is 12.5. The van der Waals surface area contributed by atoms with Gasteiger partial charge in [-0.1, -0.05) is 15.9 Å². The topological polar surface area (TPSA) is 12.9 Å². The largest absolute Gasteiger partial charge is 0.433 e. The molecule has 16 heavy (non-hydrogen) atoms. The van der Waals surface area contributed by atoms with Crippen molar-refractivity contribution in [2.75, 3.05) is 0 Å². The number of hydrogen-bond donors (Lipinski definition) is 0. The summed E-state index contributed by atoms with van der Waals surface area (Å²) in [7, 11) is 0. The number of aromatic nitrogens is 1. The molecular weight excluding hydrogens is 304 g/mol. The minimum Gasteiger partial charge on any atom is -0.244 e. The second-order valence-electron chi connectivity index (χ2n) is 2.79. The normalized spacial score (nSPS) is 12.2. The summed E-state index contributed by atoms with van der Waals surface area (Å²) < 4.78 is 74.5. The van der Waals surface area contributed by atoms with Crippen molar-refractivity contribution in [2.45, 2.75) is 17.9 Å². The monoisotopic (exact) mass is 307 g/mol. The van der Waals surface area contributed by atoms with E-state index in [0.29, 0.717) is 0 Å². The Kier molecular flexibility index (Phi) is 3.82. The Labute approximate surface area is 94.6 Å². The molecule has 1 nitrogen and oxygen atoms in total. The summed E-state index contributed by atoms with van der Waals surface area (Å²) in [5.41, 5.74) is -3.76. The Balaban J connectivity index is 3.43. The van der Waals surface area contributed by atoms with Gasteiger partial charge in [0.25, 0.3) is 6.43 Å². The summed E-state index contributed by atoms with van der Waals surface area (Å²) in [6.07, 6.45) is -8.46. The number of alkyl halides is 6. The van der Waals surface area contributed by atoms with Gasteiger partial charge in [-0.2, -0.15) is 13.2 Å². The highest BCUT2D eigenvalue weighted by Crippen LogP contribution is 2.35. The molecule has 1 aromatic rings. The predicted molar refractivity (Wildman–Crippen MR) is 46.8 cm³/mol. The molecular formula is C8H4BrF6N. The summed E-state index contributed by atoms with van der Waals surface area (Å²) in [6.45, 7) is 0. The zero-order valence-electron chi connectivity index (χ0n) is 7.45. The minimum absolute atomic E-state index is 0.164. The van der Waals surface area contributed by atoms with Crippen LogP contribution >= 0.6 is 15.9 Å². The van der Waals surface area contributed by atoms with Crippen LogP contribution in [0.4, 0.5) is 26.3 Å². The van der Waals surface area contributed by atoms with Crippen molar-refractivity contribution in [2.24, 2.45) is 0 Å². The van der Waals surface area contributed by atoms with E-state index in [9.17, 15) is 26.3 Å². The fraction of sp³-hybridized carbons (Fsp3) is 0.375. The SMILES string of the molecule is Fc1cc(C(F)F)c(C(F)(F)F)nc1CBr. The second kappa shape index (κ2) is 4.60. The number of pyridine rings is 1. The van der Waals surface area contributed by atoms with Crippen molar-refractivity contribution in [3.63, 3.8) is 0 Å². The Hall–Kier alpha value is -0.790. The van der Waals surface area contributed by atoms with Crippen LogP contribution in [0, 0.1) is 5.82 Å². The molecule has 0 radical (unpaired) electrons. The lowest BCUT2D eigenvalue weighted by Crippen LogP contribution is -2.14. The number of nitrogens with zero attached hydrogens (tertiary/aromatic N) is 1. The van der Waals surface area contributed by atoms with E-state index < -0.39 is 35.4 Å². The summed E-state index contributed by atoms with van der Waals surface area (Å²) in [5, 5.41) is -0.286. The van der Waals surface area contributed by atoms with Crippen molar-refractivity contribution in [1.82, 2.24) is 4.98 Å². The number of rotatable bonds is 2. The van der Waals surface area contributed by atoms with Crippen LogP contribution in [0.3, 0.4) is 0 Å². The summed E-state index contributed by atoms with van der Waals surface area (Å²) >= 11 is 2.71. The maximum Gasteiger partial charge on any atom is 0.433 e. The average Bonchev–Trinajstić information content (AvgIpc) is 2.15. The number of halogens is 7. The van der Waals surface area contributed by atoms with Crippen molar-refractivity contribution >= 4 is 15.9 Å². The van der Waals surface area contributed by atoms with E-state index in [4.69, 9.17) is 0 Å². The van der Waals surface area contributed by atoms with Gasteiger partial charge in [0.1, 0.15) is 5.82 Å². The third-order valence-electron chi connectivity index (χ3n) is 1.71. The third kappa shape index (κ3) is 2.66. The fourth-order valence-corrected chi connectivity index (χ4v) is 1.42. The van der Waals surface area contributed by atoms with E-state index in [0.717, 1.165) is 0 Å². The van der Waals surface area contributed by atoms with Gasteiger partial charge in [-0.3, -0.25) is 0 Å². The van der Waals surface area contributed by atoms with Crippen molar-refractivity contribution in [3.8, 4) is 0 Å². The molecule has 0 aliphatic heterocycles. The Morgan fingerprint density at radius 1 is 1.31 bits per heavy atom. The Morgan fingerprint density at radius 2 is 1.88 bits per heavy atom. The highest BCUT2D eigenvalue weighted by molar-refractivity contribution is 9.08. The first-order valence-corrected chi connectivity index (χ1v) is 5.00. The van der Waals surface area contributed by atoms with Gasteiger partial charge in [0.05, 0.1) is 11.3 Å². The van der Waals surface area contributed by atoms with Gasteiger partial charge < -0.3 is 0 Å². The quantitative estimate of drug-likeness (QED) is 0.593. The standard InChI is InChI=1S/C8H4BrF6N/c9-2-5-4(10)1-3(7(11)12)6(16-5)8(13,14)15/h1,7H,2H2. The van der Waals surface area contributed by atoms with Gasteiger partial charge in [0, 0.05) is 5.33 Å². The molecule has 0 amide bonds. The van der Waals surface area contributed by atoms with E-state index >= 15 is 0 Å². The highest BCUT2D eigenvalue weighted by atomic mass is 79.9. The first kappa shape index (κ1) is 13.3. The lowest BCUT2D eigenvalue weighted by molar-refractivity contribution is -0.143. The number of hydrogen-bond acceptors (Lipinski definition) is 1. The van der Waals surface area contributed by atoms with Gasteiger partial charge >= 0.3 is 6.18 Å². The maximum absolute atomic E-state index is 13.0. The smallest absolute Gasteiger partial charge is 0.244 e. The molecule has 0 atom stereocenters. The van der Waals surface area contributed by atoms with Crippen LogP contribution < -0.4 is 0 Å². The first-order valence-electron chi connectivity index (χ1n) is 3.88. The molecule has 0 unspecified atom stereocenters. The van der Waals surface area contributed by atoms with Crippen LogP contribution in [-0.4, -0.2) is 4.98 Å². The molecule has 1 heterocycles. The lowest BCUT2D eigenvalue weighted by atomic mass is 10.1. The van der Waals surface area contributed by atoms with Gasteiger partial charge in [-0.15, -0.1) is 0 Å². The molecule has 0 aliphatic rings. The van der Waals surface area contributed by atoms with Crippen LogP contribution in [0.1, 0.15) is 23.4 Å². The van der Waals surface area contributed by atoms with E-state index in [1.54, 1.807) is 0 Å². The molecule has 0 saturated carbocycles. The average molecular weight is 308 g/mol. The van der Waals surface area contributed by atoms with E-state index in [-0.39, 0.29) is 11.4 Å². The Bertz CT molecular complexity index is 389. The van der Waals surface area contributed by atoms with Gasteiger partial charge in [-0.05, 0) is 6.07 Å².